The van der Waals surface area contributed by atoms with Crippen LogP contribution in [0, 0.1) is 16.7 Å². The maximum Gasteiger partial charge on any atom is 0.0628 e. The van der Waals surface area contributed by atoms with Crippen LogP contribution < -0.4 is 5.32 Å². The molecule has 1 aromatic carbocycles. The van der Waals surface area contributed by atoms with Crippen molar-refractivity contribution in [3.05, 3.63) is 30.3 Å². The zero-order valence-electron chi connectivity index (χ0n) is 8.16. The van der Waals surface area contributed by atoms with Crippen molar-refractivity contribution in [3.63, 3.8) is 0 Å². The van der Waals surface area contributed by atoms with E-state index >= 15 is 0 Å². The topological polar surface area (TPSA) is 35.8 Å². The SMILES string of the molecule is N#CCC1(CNc2ccccc2)CC1. The predicted octanol–water partition coefficient (Wildman–Crippen LogP) is 2.79. The third-order valence-electron chi connectivity index (χ3n) is 2.85. The largest absolute Gasteiger partial charge is 0.384 e. The molecule has 0 aliphatic heterocycles. The molecule has 1 aliphatic rings. The first-order chi connectivity index (χ1) is 6.85. The fourth-order valence-electron chi connectivity index (χ4n) is 1.61. The van der Waals surface area contributed by atoms with Crippen molar-refractivity contribution in [2.75, 3.05) is 11.9 Å². The van der Waals surface area contributed by atoms with Gasteiger partial charge < -0.3 is 5.32 Å². The summed E-state index contributed by atoms with van der Waals surface area (Å²) in [7, 11) is 0. The zero-order valence-corrected chi connectivity index (χ0v) is 8.16. The van der Waals surface area contributed by atoms with Gasteiger partial charge >= 0.3 is 0 Å². The van der Waals surface area contributed by atoms with E-state index in [0.29, 0.717) is 6.42 Å². The lowest BCUT2D eigenvalue weighted by Crippen LogP contribution is -2.14. The number of para-hydroxylation sites is 1. The fraction of sp³-hybridized carbons (Fsp3) is 0.417. The number of rotatable bonds is 4. The second-order valence-electron chi connectivity index (χ2n) is 4.05. The van der Waals surface area contributed by atoms with Crippen LogP contribution in [-0.2, 0) is 0 Å². The fourth-order valence-corrected chi connectivity index (χ4v) is 1.61. The lowest BCUT2D eigenvalue weighted by Gasteiger charge is -2.12. The minimum atomic E-state index is 0.282. The molecule has 0 unspecified atom stereocenters. The Labute approximate surface area is 84.6 Å². The van der Waals surface area contributed by atoms with Crippen LogP contribution >= 0.6 is 0 Å². The first kappa shape index (κ1) is 9.08. The molecule has 1 N–H and O–H groups in total. The lowest BCUT2D eigenvalue weighted by molar-refractivity contribution is 0.557. The molecule has 2 nitrogen and oxygen atoms in total. The molecule has 0 bridgehead atoms. The lowest BCUT2D eigenvalue weighted by atomic mass is 10.0. The van der Waals surface area contributed by atoms with Crippen LogP contribution in [0.25, 0.3) is 0 Å². The number of nitrogens with zero attached hydrogens (tertiary/aromatic N) is 1. The summed E-state index contributed by atoms with van der Waals surface area (Å²) in [4.78, 5) is 0. The van der Waals surface area contributed by atoms with Crippen molar-refractivity contribution in [2.45, 2.75) is 19.3 Å². The second kappa shape index (κ2) is 3.71. The maximum atomic E-state index is 8.66. The minimum absolute atomic E-state index is 0.282. The summed E-state index contributed by atoms with van der Waals surface area (Å²) in [6.07, 6.45) is 3.08. The van der Waals surface area contributed by atoms with Crippen LogP contribution in [0.5, 0.6) is 0 Å². The summed E-state index contributed by atoms with van der Waals surface area (Å²) in [5, 5.41) is 12.0. The van der Waals surface area contributed by atoms with Crippen molar-refractivity contribution >= 4 is 5.69 Å². The molecule has 0 heterocycles. The van der Waals surface area contributed by atoms with Gasteiger partial charge in [0.15, 0.2) is 0 Å². The minimum Gasteiger partial charge on any atom is -0.384 e. The number of nitrogens with one attached hydrogen (secondary N) is 1. The van der Waals surface area contributed by atoms with Gasteiger partial charge in [0.25, 0.3) is 0 Å². The van der Waals surface area contributed by atoms with E-state index in [2.05, 4.69) is 23.5 Å². The van der Waals surface area contributed by atoms with Gasteiger partial charge in [-0.2, -0.15) is 5.26 Å². The molecule has 1 saturated carbocycles. The molecule has 14 heavy (non-hydrogen) atoms. The average Bonchev–Trinajstić information content (AvgIpc) is 2.98. The first-order valence-electron chi connectivity index (χ1n) is 5.01. The Hall–Kier alpha value is -1.49. The van der Waals surface area contributed by atoms with Crippen molar-refractivity contribution in [1.29, 1.82) is 5.26 Å². The number of anilines is 1. The maximum absolute atomic E-state index is 8.66. The highest BCUT2D eigenvalue weighted by Gasteiger charge is 2.41. The van der Waals surface area contributed by atoms with E-state index in [1.165, 1.54) is 12.8 Å². The van der Waals surface area contributed by atoms with Crippen LogP contribution in [0.15, 0.2) is 30.3 Å². The molecule has 1 aromatic rings. The molecule has 2 heteroatoms. The van der Waals surface area contributed by atoms with Gasteiger partial charge in [-0.1, -0.05) is 18.2 Å². The van der Waals surface area contributed by atoms with Crippen molar-refractivity contribution in [2.24, 2.45) is 5.41 Å². The molecule has 0 amide bonds. The van der Waals surface area contributed by atoms with E-state index < -0.39 is 0 Å². The van der Waals surface area contributed by atoms with Gasteiger partial charge in [0, 0.05) is 24.1 Å². The third kappa shape index (κ3) is 2.05. The van der Waals surface area contributed by atoms with Gasteiger partial charge in [-0.25, -0.2) is 0 Å². The predicted molar refractivity (Wildman–Crippen MR) is 56.8 cm³/mol. The van der Waals surface area contributed by atoms with E-state index in [-0.39, 0.29) is 5.41 Å². The van der Waals surface area contributed by atoms with E-state index in [1.54, 1.807) is 0 Å². The quantitative estimate of drug-likeness (QED) is 0.784. The van der Waals surface area contributed by atoms with Gasteiger partial charge in [0.05, 0.1) is 6.07 Å². The Morgan fingerprint density at radius 1 is 1.29 bits per heavy atom. The highest BCUT2D eigenvalue weighted by Crippen LogP contribution is 2.48. The van der Waals surface area contributed by atoms with Crippen LogP contribution in [0.1, 0.15) is 19.3 Å². The summed E-state index contributed by atoms with van der Waals surface area (Å²) >= 11 is 0. The van der Waals surface area contributed by atoms with Crippen molar-refractivity contribution in [1.82, 2.24) is 0 Å². The van der Waals surface area contributed by atoms with Crippen molar-refractivity contribution < 1.29 is 0 Å². The van der Waals surface area contributed by atoms with E-state index in [0.717, 1.165) is 12.2 Å². The Bertz CT molecular complexity index is 333. The number of hydrogen-bond acceptors (Lipinski definition) is 2. The van der Waals surface area contributed by atoms with E-state index in [4.69, 9.17) is 5.26 Å². The monoisotopic (exact) mass is 186 g/mol. The molecule has 0 radical (unpaired) electrons. The summed E-state index contributed by atoms with van der Waals surface area (Å²) in [5.74, 6) is 0. The summed E-state index contributed by atoms with van der Waals surface area (Å²) in [6.45, 7) is 0.935. The van der Waals surface area contributed by atoms with E-state index in [9.17, 15) is 0 Å². The molecule has 1 aliphatic carbocycles. The first-order valence-corrected chi connectivity index (χ1v) is 5.01. The smallest absolute Gasteiger partial charge is 0.0628 e. The summed E-state index contributed by atoms with van der Waals surface area (Å²) < 4.78 is 0. The van der Waals surface area contributed by atoms with Crippen molar-refractivity contribution in [3.8, 4) is 6.07 Å². The standard InChI is InChI=1S/C12H14N2/c13-9-8-12(6-7-12)10-14-11-4-2-1-3-5-11/h1-5,14H,6-8,10H2. The molecule has 2 rings (SSSR count). The van der Waals surface area contributed by atoms with Gasteiger partial charge in [-0.15, -0.1) is 0 Å². The molecule has 0 aromatic heterocycles. The van der Waals surface area contributed by atoms with Crippen LogP contribution in [0.2, 0.25) is 0 Å². The molecule has 0 atom stereocenters. The highest BCUT2D eigenvalue weighted by molar-refractivity contribution is 5.42. The van der Waals surface area contributed by atoms with Gasteiger partial charge in [-0.05, 0) is 25.0 Å². The Morgan fingerprint density at radius 3 is 2.57 bits per heavy atom. The molecule has 72 valence electrons. The zero-order chi connectivity index (χ0) is 9.86. The number of nitriles is 1. The second-order valence-corrected chi connectivity index (χ2v) is 4.05. The van der Waals surface area contributed by atoms with Crippen LogP contribution in [-0.4, -0.2) is 6.54 Å². The highest BCUT2D eigenvalue weighted by atomic mass is 14.9. The summed E-state index contributed by atoms with van der Waals surface area (Å²) in [6, 6.07) is 12.4. The van der Waals surface area contributed by atoms with Crippen LogP contribution in [0.3, 0.4) is 0 Å². The average molecular weight is 186 g/mol. The van der Waals surface area contributed by atoms with Gasteiger partial charge in [0.1, 0.15) is 0 Å². The molecule has 1 fully saturated rings. The summed E-state index contributed by atoms with van der Waals surface area (Å²) in [5.41, 5.74) is 1.43. The van der Waals surface area contributed by atoms with Crippen LogP contribution in [0.4, 0.5) is 5.69 Å². The molecular formula is C12H14N2. The molecule has 0 saturated heterocycles. The molecular weight excluding hydrogens is 172 g/mol. The van der Waals surface area contributed by atoms with Gasteiger partial charge in [-0.3, -0.25) is 0 Å². The number of hydrogen-bond donors (Lipinski definition) is 1. The van der Waals surface area contributed by atoms with Gasteiger partial charge in [0.2, 0.25) is 0 Å². The molecule has 0 spiro atoms. The Kier molecular flexibility index (Phi) is 2.41. The third-order valence-corrected chi connectivity index (χ3v) is 2.85. The van der Waals surface area contributed by atoms with E-state index in [1.807, 2.05) is 18.2 Å². The Morgan fingerprint density at radius 2 is 2.00 bits per heavy atom. The normalized spacial score (nSPS) is 17.1. The Balaban J connectivity index is 1.87. The number of benzene rings is 1.